The Labute approximate surface area is 104 Å². The van der Waals surface area contributed by atoms with E-state index >= 15 is 0 Å². The van der Waals surface area contributed by atoms with Gasteiger partial charge in [0.2, 0.25) is 10.0 Å². The lowest BCUT2D eigenvalue weighted by atomic mass is 10.2. The first kappa shape index (κ1) is 13.3. The van der Waals surface area contributed by atoms with Crippen molar-refractivity contribution in [1.29, 1.82) is 0 Å². The fourth-order valence-electron chi connectivity index (χ4n) is 2.89. The fourth-order valence-corrected chi connectivity index (χ4v) is 4.17. The molecule has 1 aliphatic heterocycles. The summed E-state index contributed by atoms with van der Waals surface area (Å²) < 4.78 is 25.3. The maximum Gasteiger partial charge on any atom is 0.215 e. The number of sulfonamides is 1. The van der Waals surface area contributed by atoms with Crippen LogP contribution in [0.15, 0.2) is 0 Å². The molecule has 0 amide bonds. The Morgan fingerprint density at radius 1 is 1.06 bits per heavy atom. The molecule has 2 N–H and O–H groups in total. The summed E-state index contributed by atoms with van der Waals surface area (Å²) in [5.74, 6) is 0.0798. The standard InChI is InChI=1S/C11H23N3O2S/c12-5-10-17(15,16)14-8-6-13(7-9-14)11-3-1-2-4-11/h11H,1-10,12H2. The van der Waals surface area contributed by atoms with Crippen molar-refractivity contribution in [1.82, 2.24) is 9.21 Å². The first-order chi connectivity index (χ1) is 8.13. The molecule has 0 aromatic carbocycles. The van der Waals surface area contributed by atoms with Crippen molar-refractivity contribution in [3.05, 3.63) is 0 Å². The van der Waals surface area contributed by atoms with Crippen LogP contribution in [0, 0.1) is 0 Å². The summed E-state index contributed by atoms with van der Waals surface area (Å²) in [6.07, 6.45) is 5.23. The van der Waals surface area contributed by atoms with Crippen LogP contribution in [0.5, 0.6) is 0 Å². The minimum Gasteiger partial charge on any atom is -0.329 e. The van der Waals surface area contributed by atoms with E-state index in [0.29, 0.717) is 19.1 Å². The van der Waals surface area contributed by atoms with Crippen LogP contribution >= 0.6 is 0 Å². The summed E-state index contributed by atoms with van der Waals surface area (Å²) >= 11 is 0. The highest BCUT2D eigenvalue weighted by Crippen LogP contribution is 2.24. The summed E-state index contributed by atoms with van der Waals surface area (Å²) in [6.45, 7) is 3.26. The van der Waals surface area contributed by atoms with Gasteiger partial charge >= 0.3 is 0 Å². The summed E-state index contributed by atoms with van der Waals surface area (Å²) in [6, 6.07) is 0.703. The highest BCUT2D eigenvalue weighted by molar-refractivity contribution is 7.89. The lowest BCUT2D eigenvalue weighted by Crippen LogP contribution is -2.52. The molecule has 0 aromatic rings. The zero-order valence-corrected chi connectivity index (χ0v) is 11.2. The van der Waals surface area contributed by atoms with Crippen LogP contribution in [0.3, 0.4) is 0 Å². The van der Waals surface area contributed by atoms with Gasteiger partial charge in [0.1, 0.15) is 0 Å². The molecule has 0 radical (unpaired) electrons. The third kappa shape index (κ3) is 3.19. The lowest BCUT2D eigenvalue weighted by molar-refractivity contribution is 0.139. The quantitative estimate of drug-likeness (QED) is 0.763. The molecular formula is C11H23N3O2S. The highest BCUT2D eigenvalue weighted by atomic mass is 32.2. The van der Waals surface area contributed by atoms with Crippen molar-refractivity contribution in [2.45, 2.75) is 31.7 Å². The number of hydrogen-bond donors (Lipinski definition) is 1. The molecule has 17 heavy (non-hydrogen) atoms. The number of nitrogens with two attached hydrogens (primary N) is 1. The molecule has 2 aliphatic rings. The van der Waals surface area contributed by atoms with E-state index in [1.165, 1.54) is 25.7 Å². The van der Waals surface area contributed by atoms with Crippen molar-refractivity contribution < 1.29 is 8.42 Å². The molecule has 2 rings (SSSR count). The third-order valence-corrected chi connectivity index (χ3v) is 5.79. The van der Waals surface area contributed by atoms with E-state index in [2.05, 4.69) is 4.90 Å². The van der Waals surface area contributed by atoms with Gasteiger partial charge in [0.05, 0.1) is 5.75 Å². The number of hydrogen-bond acceptors (Lipinski definition) is 4. The van der Waals surface area contributed by atoms with Gasteiger partial charge in [-0.1, -0.05) is 12.8 Å². The Hall–Kier alpha value is -0.170. The van der Waals surface area contributed by atoms with Crippen molar-refractivity contribution in [2.24, 2.45) is 5.73 Å². The summed E-state index contributed by atoms with van der Waals surface area (Å²) in [7, 11) is -3.10. The van der Waals surface area contributed by atoms with Gasteiger partial charge in [-0.15, -0.1) is 0 Å². The minimum absolute atomic E-state index is 0.0798. The van der Waals surface area contributed by atoms with E-state index in [1.807, 2.05) is 0 Å². The zero-order chi connectivity index (χ0) is 12.3. The molecule has 2 fully saturated rings. The SMILES string of the molecule is NCCS(=O)(=O)N1CCN(C2CCCC2)CC1. The molecular weight excluding hydrogens is 238 g/mol. The van der Waals surface area contributed by atoms with Gasteiger partial charge < -0.3 is 5.73 Å². The smallest absolute Gasteiger partial charge is 0.215 e. The molecule has 5 nitrogen and oxygen atoms in total. The molecule has 100 valence electrons. The van der Waals surface area contributed by atoms with E-state index in [4.69, 9.17) is 5.73 Å². The van der Waals surface area contributed by atoms with Crippen LogP contribution in [-0.2, 0) is 10.0 Å². The molecule has 0 spiro atoms. The predicted molar refractivity (Wildman–Crippen MR) is 68.2 cm³/mol. The Morgan fingerprint density at radius 2 is 1.65 bits per heavy atom. The molecule has 0 bridgehead atoms. The van der Waals surface area contributed by atoms with Crippen molar-refractivity contribution in [2.75, 3.05) is 38.5 Å². The minimum atomic E-state index is -3.10. The Kier molecular flexibility index (Phi) is 4.41. The van der Waals surface area contributed by atoms with E-state index in [-0.39, 0.29) is 12.3 Å². The first-order valence-corrected chi connectivity index (χ1v) is 8.16. The molecule has 6 heteroatoms. The number of piperazine rings is 1. The monoisotopic (exact) mass is 261 g/mol. The largest absolute Gasteiger partial charge is 0.329 e. The first-order valence-electron chi connectivity index (χ1n) is 6.55. The normalized spacial score (nSPS) is 25.5. The van der Waals surface area contributed by atoms with Gasteiger partial charge in [-0.2, -0.15) is 4.31 Å². The Bertz CT molecular complexity index is 331. The van der Waals surface area contributed by atoms with E-state index in [1.54, 1.807) is 4.31 Å². The fraction of sp³-hybridized carbons (Fsp3) is 1.00. The van der Waals surface area contributed by atoms with Crippen LogP contribution in [0.4, 0.5) is 0 Å². The molecule has 1 aliphatic carbocycles. The van der Waals surface area contributed by atoms with Gasteiger partial charge in [0.15, 0.2) is 0 Å². The Balaban J connectivity index is 1.85. The third-order valence-electron chi connectivity index (χ3n) is 3.88. The van der Waals surface area contributed by atoms with E-state index < -0.39 is 10.0 Å². The second kappa shape index (κ2) is 5.65. The van der Waals surface area contributed by atoms with Gasteiger partial charge in [-0.3, -0.25) is 4.90 Å². The maximum atomic E-state index is 11.8. The second-order valence-electron chi connectivity index (χ2n) is 4.98. The van der Waals surface area contributed by atoms with Crippen LogP contribution in [0.25, 0.3) is 0 Å². The van der Waals surface area contributed by atoms with E-state index in [9.17, 15) is 8.42 Å². The van der Waals surface area contributed by atoms with E-state index in [0.717, 1.165) is 13.1 Å². The summed E-state index contributed by atoms with van der Waals surface area (Å²) in [5.41, 5.74) is 5.33. The summed E-state index contributed by atoms with van der Waals surface area (Å²) in [4.78, 5) is 2.46. The number of nitrogens with zero attached hydrogens (tertiary/aromatic N) is 2. The van der Waals surface area contributed by atoms with Gasteiger partial charge in [0, 0.05) is 38.8 Å². The van der Waals surface area contributed by atoms with Crippen LogP contribution < -0.4 is 5.73 Å². The molecule has 1 saturated heterocycles. The van der Waals surface area contributed by atoms with Crippen molar-refractivity contribution in [3.8, 4) is 0 Å². The molecule has 0 unspecified atom stereocenters. The Morgan fingerprint density at radius 3 is 2.18 bits per heavy atom. The predicted octanol–water partition coefficient (Wildman–Crippen LogP) is -0.165. The lowest BCUT2D eigenvalue weighted by Gasteiger charge is -2.37. The molecule has 0 aromatic heterocycles. The molecule has 0 atom stereocenters. The van der Waals surface area contributed by atoms with Crippen LogP contribution in [-0.4, -0.2) is 62.1 Å². The average Bonchev–Trinajstić information content (AvgIpc) is 2.82. The van der Waals surface area contributed by atoms with Gasteiger partial charge in [-0.25, -0.2) is 8.42 Å². The van der Waals surface area contributed by atoms with Crippen molar-refractivity contribution in [3.63, 3.8) is 0 Å². The zero-order valence-electron chi connectivity index (χ0n) is 10.3. The van der Waals surface area contributed by atoms with Crippen molar-refractivity contribution >= 4 is 10.0 Å². The summed E-state index contributed by atoms with van der Waals surface area (Å²) in [5, 5.41) is 0. The van der Waals surface area contributed by atoms with Crippen LogP contribution in [0.2, 0.25) is 0 Å². The van der Waals surface area contributed by atoms with Gasteiger partial charge in [-0.05, 0) is 12.8 Å². The van der Waals surface area contributed by atoms with Gasteiger partial charge in [0.25, 0.3) is 0 Å². The molecule has 1 heterocycles. The topological polar surface area (TPSA) is 66.6 Å². The maximum absolute atomic E-state index is 11.8. The number of rotatable bonds is 4. The second-order valence-corrected chi connectivity index (χ2v) is 7.07. The van der Waals surface area contributed by atoms with Crippen LogP contribution in [0.1, 0.15) is 25.7 Å². The molecule has 1 saturated carbocycles. The highest BCUT2D eigenvalue weighted by Gasteiger charge is 2.30. The average molecular weight is 261 g/mol.